The first kappa shape index (κ1) is 15.9. The van der Waals surface area contributed by atoms with Gasteiger partial charge in [0.05, 0.1) is 12.9 Å². The van der Waals surface area contributed by atoms with Crippen LogP contribution in [-0.4, -0.2) is 19.3 Å². The fourth-order valence-corrected chi connectivity index (χ4v) is 3.73. The molecule has 4 unspecified atom stereocenters. The first-order chi connectivity index (χ1) is 9.86. The molecule has 0 N–H and O–H groups in total. The summed E-state index contributed by atoms with van der Waals surface area (Å²) in [6.07, 6.45) is 15.2. The predicted molar refractivity (Wildman–Crippen MR) is 83.6 cm³/mol. The Bertz CT molecular complexity index is 281. The molecular weight excluding hydrogens is 248 g/mol. The average molecular weight is 280 g/mol. The van der Waals surface area contributed by atoms with Gasteiger partial charge in [0.1, 0.15) is 6.10 Å². The normalized spacial score (nSPS) is 30.6. The van der Waals surface area contributed by atoms with Crippen molar-refractivity contribution in [3.63, 3.8) is 0 Å². The quantitative estimate of drug-likeness (QED) is 0.557. The summed E-state index contributed by atoms with van der Waals surface area (Å²) < 4.78 is 11.6. The van der Waals surface area contributed by atoms with Crippen LogP contribution in [0.3, 0.4) is 0 Å². The molecule has 1 fully saturated rings. The third-order valence-electron chi connectivity index (χ3n) is 5.00. The molecule has 116 valence electrons. The van der Waals surface area contributed by atoms with E-state index in [1.807, 2.05) is 6.26 Å². The van der Waals surface area contributed by atoms with Gasteiger partial charge < -0.3 is 9.47 Å². The second-order valence-corrected chi connectivity index (χ2v) is 6.53. The van der Waals surface area contributed by atoms with Crippen molar-refractivity contribution in [2.24, 2.45) is 17.8 Å². The van der Waals surface area contributed by atoms with E-state index in [-0.39, 0.29) is 0 Å². The maximum Gasteiger partial charge on any atom is 0.107 e. The van der Waals surface area contributed by atoms with Crippen molar-refractivity contribution < 1.29 is 9.47 Å². The van der Waals surface area contributed by atoms with E-state index in [1.54, 1.807) is 0 Å². The van der Waals surface area contributed by atoms with Gasteiger partial charge in [-0.1, -0.05) is 46.0 Å². The minimum absolute atomic E-state index is 0.421. The first-order valence-electron chi connectivity index (χ1n) is 8.76. The predicted octanol–water partition coefficient (Wildman–Crippen LogP) is 4.94. The Morgan fingerprint density at radius 2 is 1.90 bits per heavy atom. The van der Waals surface area contributed by atoms with Crippen LogP contribution in [0.15, 0.2) is 12.3 Å². The lowest BCUT2D eigenvalue weighted by molar-refractivity contribution is 0.0417. The average Bonchev–Trinajstić information content (AvgIpc) is 3.12. The summed E-state index contributed by atoms with van der Waals surface area (Å²) in [5, 5.41) is 0. The lowest BCUT2D eigenvalue weighted by Crippen LogP contribution is -2.32. The standard InChI is InChI=1S/C18H32O2/c1-3-5-7-9-15(8-6-4-2)18-17(11-13-20-18)16-10-12-19-14-16/h11,13,15-18H,3-10,12,14H2,1-2H3. The van der Waals surface area contributed by atoms with Gasteiger partial charge in [0.15, 0.2) is 0 Å². The zero-order valence-electron chi connectivity index (χ0n) is 13.4. The lowest BCUT2D eigenvalue weighted by Gasteiger charge is -2.30. The summed E-state index contributed by atoms with van der Waals surface area (Å²) >= 11 is 0. The van der Waals surface area contributed by atoms with Gasteiger partial charge in [-0.15, -0.1) is 0 Å². The fraction of sp³-hybridized carbons (Fsp3) is 0.889. The molecule has 0 saturated carbocycles. The van der Waals surface area contributed by atoms with Crippen molar-refractivity contribution >= 4 is 0 Å². The summed E-state index contributed by atoms with van der Waals surface area (Å²) in [7, 11) is 0. The van der Waals surface area contributed by atoms with Crippen LogP contribution in [0.2, 0.25) is 0 Å². The third-order valence-corrected chi connectivity index (χ3v) is 5.00. The Morgan fingerprint density at radius 3 is 2.60 bits per heavy atom. The smallest absolute Gasteiger partial charge is 0.107 e. The summed E-state index contributed by atoms with van der Waals surface area (Å²) in [5.41, 5.74) is 0. The molecule has 0 aromatic heterocycles. The molecule has 0 aromatic rings. The number of hydrogen-bond donors (Lipinski definition) is 0. The van der Waals surface area contributed by atoms with Crippen LogP contribution in [-0.2, 0) is 9.47 Å². The minimum atomic E-state index is 0.421. The van der Waals surface area contributed by atoms with E-state index in [0.29, 0.717) is 17.9 Å². The maximum absolute atomic E-state index is 6.03. The van der Waals surface area contributed by atoms with Gasteiger partial charge >= 0.3 is 0 Å². The second kappa shape index (κ2) is 8.71. The highest BCUT2D eigenvalue weighted by Gasteiger charge is 2.38. The highest BCUT2D eigenvalue weighted by atomic mass is 16.5. The molecule has 0 bridgehead atoms. The number of unbranched alkanes of at least 4 members (excludes halogenated alkanes) is 3. The monoisotopic (exact) mass is 280 g/mol. The van der Waals surface area contributed by atoms with Crippen LogP contribution in [0.1, 0.15) is 65.2 Å². The van der Waals surface area contributed by atoms with Crippen LogP contribution in [0.25, 0.3) is 0 Å². The van der Waals surface area contributed by atoms with Gasteiger partial charge in [0.2, 0.25) is 0 Å². The molecule has 0 radical (unpaired) electrons. The molecular formula is C18H32O2. The topological polar surface area (TPSA) is 18.5 Å². The molecule has 0 spiro atoms. The van der Waals surface area contributed by atoms with Crippen LogP contribution in [0.5, 0.6) is 0 Å². The largest absolute Gasteiger partial charge is 0.497 e. The van der Waals surface area contributed by atoms with E-state index >= 15 is 0 Å². The van der Waals surface area contributed by atoms with Gasteiger partial charge in [-0.3, -0.25) is 0 Å². The Morgan fingerprint density at radius 1 is 1.10 bits per heavy atom. The number of rotatable bonds is 9. The van der Waals surface area contributed by atoms with Gasteiger partial charge in [0, 0.05) is 12.5 Å². The highest BCUT2D eigenvalue weighted by molar-refractivity contribution is 5.01. The van der Waals surface area contributed by atoms with Crippen LogP contribution < -0.4 is 0 Å². The van der Waals surface area contributed by atoms with Gasteiger partial charge in [0.25, 0.3) is 0 Å². The summed E-state index contributed by atoms with van der Waals surface area (Å²) in [6, 6.07) is 0. The summed E-state index contributed by atoms with van der Waals surface area (Å²) in [5.74, 6) is 2.03. The molecule has 2 heterocycles. The number of hydrogen-bond acceptors (Lipinski definition) is 2. The van der Waals surface area contributed by atoms with E-state index < -0.39 is 0 Å². The zero-order valence-corrected chi connectivity index (χ0v) is 13.4. The zero-order chi connectivity index (χ0) is 14.2. The van der Waals surface area contributed by atoms with Crippen molar-refractivity contribution in [1.29, 1.82) is 0 Å². The third kappa shape index (κ3) is 4.25. The van der Waals surface area contributed by atoms with Gasteiger partial charge in [-0.25, -0.2) is 0 Å². The molecule has 2 rings (SSSR count). The molecule has 2 nitrogen and oxygen atoms in total. The molecule has 1 saturated heterocycles. The Hall–Kier alpha value is -0.500. The van der Waals surface area contributed by atoms with E-state index in [0.717, 1.165) is 19.1 Å². The van der Waals surface area contributed by atoms with Gasteiger partial charge in [-0.05, 0) is 37.2 Å². The molecule has 0 amide bonds. The van der Waals surface area contributed by atoms with Crippen molar-refractivity contribution in [2.45, 2.75) is 71.3 Å². The van der Waals surface area contributed by atoms with Crippen LogP contribution in [0.4, 0.5) is 0 Å². The Kier molecular flexibility index (Phi) is 6.92. The first-order valence-corrected chi connectivity index (χ1v) is 8.76. The van der Waals surface area contributed by atoms with Crippen molar-refractivity contribution in [1.82, 2.24) is 0 Å². The Labute approximate surface area is 124 Å². The lowest BCUT2D eigenvalue weighted by atomic mass is 9.78. The van der Waals surface area contributed by atoms with E-state index in [1.165, 1.54) is 51.4 Å². The van der Waals surface area contributed by atoms with E-state index in [9.17, 15) is 0 Å². The molecule has 2 aliphatic heterocycles. The molecule has 20 heavy (non-hydrogen) atoms. The van der Waals surface area contributed by atoms with E-state index in [4.69, 9.17) is 9.47 Å². The molecule has 0 aromatic carbocycles. The highest BCUT2D eigenvalue weighted by Crippen LogP contribution is 2.38. The molecule has 2 heteroatoms. The van der Waals surface area contributed by atoms with Crippen LogP contribution >= 0.6 is 0 Å². The van der Waals surface area contributed by atoms with Crippen molar-refractivity contribution in [3.8, 4) is 0 Å². The molecule has 0 aliphatic carbocycles. The van der Waals surface area contributed by atoms with Crippen molar-refractivity contribution in [2.75, 3.05) is 13.2 Å². The maximum atomic E-state index is 6.03. The fourth-order valence-electron chi connectivity index (χ4n) is 3.73. The van der Waals surface area contributed by atoms with Crippen LogP contribution in [0, 0.1) is 17.8 Å². The molecule has 2 aliphatic rings. The van der Waals surface area contributed by atoms with Gasteiger partial charge in [-0.2, -0.15) is 0 Å². The van der Waals surface area contributed by atoms with E-state index in [2.05, 4.69) is 19.9 Å². The number of ether oxygens (including phenoxy) is 2. The molecule has 4 atom stereocenters. The summed E-state index contributed by atoms with van der Waals surface area (Å²) in [6.45, 7) is 6.45. The minimum Gasteiger partial charge on any atom is -0.497 e. The van der Waals surface area contributed by atoms with Crippen molar-refractivity contribution in [3.05, 3.63) is 12.3 Å². The summed E-state index contributed by atoms with van der Waals surface area (Å²) in [4.78, 5) is 0. The Balaban J connectivity index is 1.91. The second-order valence-electron chi connectivity index (χ2n) is 6.53. The SMILES string of the molecule is CCCCCC(CCCC)C1OC=CC1C1CCOC1.